The first-order chi connectivity index (χ1) is 12.8. The van der Waals surface area contributed by atoms with Gasteiger partial charge >= 0.3 is 12.1 Å². The largest absolute Gasteiger partial charge is 0.481 e. The number of esters is 1. The number of pyridine rings is 1. The van der Waals surface area contributed by atoms with Crippen molar-refractivity contribution in [1.29, 1.82) is 0 Å². The molecule has 0 aliphatic carbocycles. The Hall–Kier alpha value is -3.10. The van der Waals surface area contributed by atoms with Crippen molar-refractivity contribution in [2.24, 2.45) is 0 Å². The van der Waals surface area contributed by atoms with Crippen LogP contribution in [-0.4, -0.2) is 37.1 Å². The molecule has 0 bridgehead atoms. The molecule has 1 N–H and O–H groups in total. The fraction of sp³-hybridized carbons (Fsp3) is 0.278. The van der Waals surface area contributed by atoms with Gasteiger partial charge in [0.05, 0.1) is 19.8 Å². The number of carbonyl (C=O) groups is 2. The second kappa shape index (κ2) is 8.52. The zero-order chi connectivity index (χ0) is 20.0. The van der Waals surface area contributed by atoms with Gasteiger partial charge in [-0.2, -0.15) is 13.2 Å². The molecule has 27 heavy (non-hydrogen) atoms. The van der Waals surface area contributed by atoms with E-state index in [1.165, 1.54) is 20.4 Å². The predicted octanol–water partition coefficient (Wildman–Crippen LogP) is 2.62. The van der Waals surface area contributed by atoms with E-state index in [2.05, 4.69) is 10.3 Å². The van der Waals surface area contributed by atoms with E-state index in [1.807, 2.05) is 0 Å². The van der Waals surface area contributed by atoms with E-state index in [0.29, 0.717) is 5.56 Å². The molecule has 0 radical (unpaired) electrons. The highest BCUT2D eigenvalue weighted by Gasteiger charge is 2.30. The molecule has 144 valence electrons. The van der Waals surface area contributed by atoms with E-state index in [9.17, 15) is 22.8 Å². The molecule has 0 aliphatic rings. The molecule has 0 aliphatic heterocycles. The van der Waals surface area contributed by atoms with Crippen LogP contribution in [0.3, 0.4) is 0 Å². The first kappa shape index (κ1) is 20.2. The smallest absolute Gasteiger partial charge is 0.416 e. The molecule has 1 aromatic carbocycles. The van der Waals surface area contributed by atoms with Crippen LogP contribution >= 0.6 is 0 Å². The number of hydrogen-bond acceptors (Lipinski definition) is 5. The molecule has 9 heteroatoms. The van der Waals surface area contributed by atoms with Gasteiger partial charge in [-0.15, -0.1) is 0 Å². The number of nitrogens with zero attached hydrogens (tertiary/aromatic N) is 1. The van der Waals surface area contributed by atoms with Gasteiger partial charge in [0.2, 0.25) is 5.88 Å². The maximum absolute atomic E-state index is 12.6. The monoisotopic (exact) mass is 382 g/mol. The topological polar surface area (TPSA) is 77.5 Å². The first-order valence-electron chi connectivity index (χ1n) is 7.80. The lowest BCUT2D eigenvalue weighted by Gasteiger charge is -2.18. The van der Waals surface area contributed by atoms with E-state index in [4.69, 9.17) is 9.47 Å². The second-order valence-electron chi connectivity index (χ2n) is 5.50. The fourth-order valence-corrected chi connectivity index (χ4v) is 2.37. The Kier molecular flexibility index (Phi) is 6.38. The number of rotatable bonds is 6. The third kappa shape index (κ3) is 5.19. The van der Waals surface area contributed by atoms with Gasteiger partial charge in [0, 0.05) is 23.7 Å². The van der Waals surface area contributed by atoms with Crippen LogP contribution < -0.4 is 10.1 Å². The summed E-state index contributed by atoms with van der Waals surface area (Å²) in [5.41, 5.74) is -0.332. The summed E-state index contributed by atoms with van der Waals surface area (Å²) >= 11 is 0. The average Bonchev–Trinajstić information content (AvgIpc) is 2.66. The van der Waals surface area contributed by atoms with Crippen LogP contribution in [-0.2, 0) is 22.1 Å². The zero-order valence-corrected chi connectivity index (χ0v) is 14.5. The number of halogens is 3. The Bertz CT molecular complexity index is 807. The van der Waals surface area contributed by atoms with Crippen LogP contribution in [0.4, 0.5) is 13.2 Å². The van der Waals surface area contributed by atoms with Crippen LogP contribution in [0.1, 0.15) is 21.5 Å². The lowest BCUT2D eigenvalue weighted by molar-refractivity contribution is -0.142. The van der Waals surface area contributed by atoms with Gasteiger partial charge in [-0.3, -0.25) is 4.79 Å². The van der Waals surface area contributed by atoms with Crippen LogP contribution in [0.5, 0.6) is 5.88 Å². The van der Waals surface area contributed by atoms with Crippen molar-refractivity contribution in [2.45, 2.75) is 18.6 Å². The van der Waals surface area contributed by atoms with Crippen molar-refractivity contribution in [3.8, 4) is 5.88 Å². The van der Waals surface area contributed by atoms with Gasteiger partial charge in [-0.25, -0.2) is 9.78 Å². The van der Waals surface area contributed by atoms with Crippen LogP contribution in [0.2, 0.25) is 0 Å². The van der Waals surface area contributed by atoms with Crippen molar-refractivity contribution < 1.29 is 32.2 Å². The number of aromatic nitrogens is 1. The number of methoxy groups -OCH3 is 2. The van der Waals surface area contributed by atoms with Crippen molar-refractivity contribution in [3.05, 3.63) is 59.3 Å². The highest BCUT2D eigenvalue weighted by Crippen LogP contribution is 2.29. The molecule has 0 unspecified atom stereocenters. The number of benzene rings is 1. The van der Waals surface area contributed by atoms with Crippen molar-refractivity contribution in [2.75, 3.05) is 14.2 Å². The molecule has 1 atom stereocenters. The molecule has 0 saturated carbocycles. The molecular weight excluding hydrogens is 365 g/mol. The van der Waals surface area contributed by atoms with Crippen molar-refractivity contribution in [1.82, 2.24) is 10.3 Å². The van der Waals surface area contributed by atoms with Crippen LogP contribution in [0.15, 0.2) is 42.6 Å². The normalized spacial score (nSPS) is 12.2. The van der Waals surface area contributed by atoms with Crippen molar-refractivity contribution >= 4 is 11.9 Å². The third-order valence-corrected chi connectivity index (χ3v) is 3.73. The molecule has 2 rings (SSSR count). The molecule has 1 heterocycles. The molecule has 0 spiro atoms. The predicted molar refractivity (Wildman–Crippen MR) is 89.2 cm³/mol. The van der Waals surface area contributed by atoms with Crippen LogP contribution in [0, 0.1) is 0 Å². The summed E-state index contributed by atoms with van der Waals surface area (Å²) in [5.74, 6) is -1.13. The Balaban J connectivity index is 2.18. The SMILES string of the molecule is COC(=O)[C@H](Cc1cccnc1OC)NC(=O)c1ccc(C(F)(F)F)cc1. The Morgan fingerprint density at radius 1 is 1.15 bits per heavy atom. The number of ether oxygens (including phenoxy) is 2. The summed E-state index contributed by atoms with van der Waals surface area (Å²) in [6, 6.07) is 5.92. The molecule has 1 amide bonds. The maximum Gasteiger partial charge on any atom is 0.416 e. The Morgan fingerprint density at radius 2 is 1.81 bits per heavy atom. The summed E-state index contributed by atoms with van der Waals surface area (Å²) in [6.45, 7) is 0. The minimum absolute atomic E-state index is 0.0185. The summed E-state index contributed by atoms with van der Waals surface area (Å²) < 4.78 is 47.7. The van der Waals surface area contributed by atoms with E-state index < -0.39 is 29.7 Å². The Morgan fingerprint density at radius 3 is 2.37 bits per heavy atom. The minimum Gasteiger partial charge on any atom is -0.481 e. The van der Waals surface area contributed by atoms with E-state index in [-0.39, 0.29) is 17.9 Å². The molecule has 1 aromatic heterocycles. The summed E-state index contributed by atoms with van der Waals surface area (Å²) in [4.78, 5) is 28.4. The summed E-state index contributed by atoms with van der Waals surface area (Å²) in [6.07, 6.45) is -2.95. The standard InChI is InChI=1S/C18H17F3N2O4/c1-26-16-12(4-3-9-22-16)10-14(17(25)27-2)23-15(24)11-5-7-13(8-6-11)18(19,20)21/h3-9,14H,10H2,1-2H3,(H,23,24)/t14-/m0/s1. The average molecular weight is 382 g/mol. The van der Waals surface area contributed by atoms with Crippen molar-refractivity contribution in [3.63, 3.8) is 0 Å². The third-order valence-electron chi connectivity index (χ3n) is 3.73. The molecule has 2 aromatic rings. The van der Waals surface area contributed by atoms with Gasteiger partial charge in [0.1, 0.15) is 6.04 Å². The van der Waals surface area contributed by atoms with E-state index in [1.54, 1.807) is 12.1 Å². The highest BCUT2D eigenvalue weighted by molar-refractivity contribution is 5.96. The molecule has 6 nitrogen and oxygen atoms in total. The maximum atomic E-state index is 12.6. The first-order valence-corrected chi connectivity index (χ1v) is 7.80. The number of hydrogen-bond donors (Lipinski definition) is 1. The van der Waals surface area contributed by atoms with E-state index in [0.717, 1.165) is 24.3 Å². The molecule has 0 fully saturated rings. The second-order valence-corrected chi connectivity index (χ2v) is 5.50. The summed E-state index contributed by atoms with van der Waals surface area (Å²) in [7, 11) is 2.58. The highest BCUT2D eigenvalue weighted by atomic mass is 19.4. The van der Waals surface area contributed by atoms with Gasteiger partial charge in [-0.05, 0) is 30.3 Å². The van der Waals surface area contributed by atoms with Crippen LogP contribution in [0.25, 0.3) is 0 Å². The Labute approximate surface area is 153 Å². The van der Waals surface area contributed by atoms with Gasteiger partial charge < -0.3 is 14.8 Å². The minimum atomic E-state index is -4.50. The molecule has 0 saturated heterocycles. The number of amides is 1. The number of alkyl halides is 3. The van der Waals surface area contributed by atoms with Gasteiger partial charge in [-0.1, -0.05) is 6.07 Å². The quantitative estimate of drug-likeness (QED) is 0.778. The molecular formula is C18H17F3N2O4. The van der Waals surface area contributed by atoms with Gasteiger partial charge in [0.25, 0.3) is 5.91 Å². The van der Waals surface area contributed by atoms with Gasteiger partial charge in [0.15, 0.2) is 0 Å². The fourth-order valence-electron chi connectivity index (χ4n) is 2.37. The van der Waals surface area contributed by atoms with E-state index >= 15 is 0 Å². The zero-order valence-electron chi connectivity index (χ0n) is 14.5. The number of nitrogens with one attached hydrogen (secondary N) is 1. The summed E-state index contributed by atoms with van der Waals surface area (Å²) in [5, 5.41) is 2.46. The number of carbonyl (C=O) groups excluding carboxylic acids is 2. The lowest BCUT2D eigenvalue weighted by atomic mass is 10.1. The lowest BCUT2D eigenvalue weighted by Crippen LogP contribution is -2.43.